The average molecular weight is 473 g/mol. The highest BCUT2D eigenvalue weighted by Crippen LogP contribution is 2.31. The summed E-state index contributed by atoms with van der Waals surface area (Å²) in [7, 11) is 3.71. The van der Waals surface area contributed by atoms with E-state index in [0.29, 0.717) is 6.42 Å². The van der Waals surface area contributed by atoms with Crippen LogP contribution in [0.5, 0.6) is 5.75 Å². The number of nitrogens with one attached hydrogen (secondary N) is 1. The van der Waals surface area contributed by atoms with E-state index in [1.165, 1.54) is 0 Å². The molecule has 4 aromatic rings. The van der Waals surface area contributed by atoms with Gasteiger partial charge < -0.3 is 19.4 Å². The Balaban J connectivity index is 1.44. The van der Waals surface area contributed by atoms with Crippen LogP contribution < -0.4 is 10.1 Å². The smallest absolute Gasteiger partial charge is 0.153 e. The second kappa shape index (κ2) is 9.26. The number of aryl methyl sites for hydroxylation is 2. The molecule has 8 nitrogen and oxygen atoms in total. The molecule has 0 aliphatic carbocycles. The SMILES string of the molecule is COc1cc(-c2cnc(C)n2C)ccc1Cc1ncc2cc(C)nc(NCC3(C)CCOC3)c2n1. The summed E-state index contributed by atoms with van der Waals surface area (Å²) in [5.41, 5.74) is 5.02. The van der Waals surface area contributed by atoms with E-state index in [2.05, 4.69) is 45.0 Å². The van der Waals surface area contributed by atoms with Crippen LogP contribution >= 0.6 is 0 Å². The van der Waals surface area contributed by atoms with Crippen LogP contribution in [0.15, 0.2) is 36.7 Å². The number of anilines is 1. The maximum Gasteiger partial charge on any atom is 0.153 e. The van der Waals surface area contributed by atoms with Gasteiger partial charge in [-0.25, -0.2) is 19.9 Å². The Morgan fingerprint density at radius 2 is 2.00 bits per heavy atom. The van der Waals surface area contributed by atoms with Gasteiger partial charge in [-0.3, -0.25) is 0 Å². The summed E-state index contributed by atoms with van der Waals surface area (Å²) < 4.78 is 13.4. The highest BCUT2D eigenvalue weighted by molar-refractivity contribution is 5.88. The van der Waals surface area contributed by atoms with E-state index < -0.39 is 0 Å². The van der Waals surface area contributed by atoms with Crippen LogP contribution in [0.25, 0.3) is 22.2 Å². The molecule has 1 aliphatic rings. The first-order valence-electron chi connectivity index (χ1n) is 12.0. The van der Waals surface area contributed by atoms with E-state index in [4.69, 9.17) is 19.4 Å². The molecule has 182 valence electrons. The van der Waals surface area contributed by atoms with E-state index in [9.17, 15) is 0 Å². The Hall–Kier alpha value is -3.52. The molecule has 1 aromatic carbocycles. The zero-order chi connectivity index (χ0) is 24.6. The van der Waals surface area contributed by atoms with E-state index in [1.54, 1.807) is 7.11 Å². The van der Waals surface area contributed by atoms with Gasteiger partial charge in [0.05, 0.1) is 25.6 Å². The maximum atomic E-state index is 5.74. The third-order valence-corrected chi connectivity index (χ3v) is 6.88. The molecular formula is C27H32N6O2. The molecule has 0 spiro atoms. The number of fused-ring (bicyclic) bond motifs is 1. The average Bonchev–Trinajstić information content (AvgIpc) is 3.43. The summed E-state index contributed by atoms with van der Waals surface area (Å²) in [6, 6.07) is 8.25. The van der Waals surface area contributed by atoms with E-state index in [1.807, 2.05) is 39.4 Å². The topological polar surface area (TPSA) is 87.0 Å². The molecule has 4 heterocycles. The van der Waals surface area contributed by atoms with Crippen molar-refractivity contribution in [1.29, 1.82) is 0 Å². The highest BCUT2D eigenvalue weighted by atomic mass is 16.5. The summed E-state index contributed by atoms with van der Waals surface area (Å²) in [6.07, 6.45) is 5.37. The zero-order valence-electron chi connectivity index (χ0n) is 21.1. The van der Waals surface area contributed by atoms with Crippen molar-refractivity contribution in [2.45, 2.75) is 33.6 Å². The van der Waals surface area contributed by atoms with E-state index >= 15 is 0 Å². The summed E-state index contributed by atoms with van der Waals surface area (Å²) in [5, 5.41) is 4.52. The van der Waals surface area contributed by atoms with Gasteiger partial charge in [0.2, 0.25) is 0 Å². The first-order valence-corrected chi connectivity index (χ1v) is 12.0. The predicted octanol–water partition coefficient (Wildman–Crippen LogP) is 4.48. The molecule has 8 heteroatoms. The standard InChI is InChI=1S/C27H32N6O2/c1-17-10-21-13-29-24(32-25(21)26(31-17)30-15-27(3)8-9-35-16-27)12-20-7-6-19(11-23(20)34-5)22-14-28-18(2)33(22)4/h6-7,10-11,13-14H,8-9,12,15-16H2,1-5H3,(H,30,31). The fraction of sp³-hybridized carbons (Fsp3) is 0.407. The number of ether oxygens (including phenoxy) is 2. The first-order chi connectivity index (χ1) is 16.8. The first kappa shape index (κ1) is 23.2. The molecule has 1 N–H and O–H groups in total. The molecule has 1 atom stereocenters. The van der Waals surface area contributed by atoms with Crippen molar-refractivity contribution in [1.82, 2.24) is 24.5 Å². The molecular weight excluding hydrogens is 440 g/mol. The molecule has 5 rings (SSSR count). The summed E-state index contributed by atoms with van der Waals surface area (Å²) in [4.78, 5) is 18.7. The maximum absolute atomic E-state index is 5.74. The van der Waals surface area contributed by atoms with Gasteiger partial charge in [0.1, 0.15) is 22.9 Å². The predicted molar refractivity (Wildman–Crippen MR) is 137 cm³/mol. The van der Waals surface area contributed by atoms with Gasteiger partial charge >= 0.3 is 0 Å². The normalized spacial score (nSPS) is 17.7. The van der Waals surface area contributed by atoms with Crippen LogP contribution in [0.2, 0.25) is 0 Å². The Labute approximate surface area is 205 Å². The summed E-state index contributed by atoms with van der Waals surface area (Å²) in [6.45, 7) is 8.60. The monoisotopic (exact) mass is 472 g/mol. The number of benzene rings is 1. The van der Waals surface area contributed by atoms with Crippen LogP contribution in [-0.2, 0) is 18.2 Å². The molecule has 1 aliphatic heterocycles. The number of hydrogen-bond acceptors (Lipinski definition) is 7. The van der Waals surface area contributed by atoms with Crippen molar-refractivity contribution in [3.8, 4) is 17.0 Å². The lowest BCUT2D eigenvalue weighted by Crippen LogP contribution is -2.27. The third kappa shape index (κ3) is 4.71. The van der Waals surface area contributed by atoms with Crippen molar-refractivity contribution in [2.24, 2.45) is 12.5 Å². The molecule has 3 aromatic heterocycles. The van der Waals surface area contributed by atoms with Gasteiger partial charge in [-0.05, 0) is 32.4 Å². The fourth-order valence-corrected chi connectivity index (χ4v) is 4.55. The van der Waals surface area contributed by atoms with Crippen molar-refractivity contribution in [3.05, 3.63) is 59.6 Å². The Kier molecular flexibility index (Phi) is 6.15. The van der Waals surface area contributed by atoms with Crippen molar-refractivity contribution in [3.63, 3.8) is 0 Å². The van der Waals surface area contributed by atoms with Gasteiger partial charge in [0.25, 0.3) is 0 Å². The van der Waals surface area contributed by atoms with E-state index in [-0.39, 0.29) is 5.41 Å². The molecule has 1 unspecified atom stereocenters. The minimum Gasteiger partial charge on any atom is -0.496 e. The lowest BCUT2D eigenvalue weighted by molar-refractivity contribution is 0.164. The van der Waals surface area contributed by atoms with Crippen LogP contribution in [-0.4, -0.2) is 51.4 Å². The Bertz CT molecular complexity index is 1370. The number of aromatic nitrogens is 5. The molecule has 1 fully saturated rings. The summed E-state index contributed by atoms with van der Waals surface area (Å²) >= 11 is 0. The molecule has 35 heavy (non-hydrogen) atoms. The number of methoxy groups -OCH3 is 1. The molecule has 0 radical (unpaired) electrons. The van der Waals surface area contributed by atoms with Crippen molar-refractivity contribution >= 4 is 16.7 Å². The second-order valence-electron chi connectivity index (χ2n) is 9.76. The van der Waals surface area contributed by atoms with Gasteiger partial charge in [0, 0.05) is 60.4 Å². The second-order valence-corrected chi connectivity index (χ2v) is 9.76. The number of rotatable bonds is 7. The summed E-state index contributed by atoms with van der Waals surface area (Å²) in [5.74, 6) is 3.30. The van der Waals surface area contributed by atoms with Crippen LogP contribution in [0.1, 0.15) is 36.3 Å². The van der Waals surface area contributed by atoms with Crippen LogP contribution in [0, 0.1) is 19.3 Å². The van der Waals surface area contributed by atoms with Gasteiger partial charge in [0.15, 0.2) is 5.82 Å². The highest BCUT2D eigenvalue weighted by Gasteiger charge is 2.29. The number of nitrogens with zero attached hydrogens (tertiary/aromatic N) is 5. The minimum atomic E-state index is 0.106. The Morgan fingerprint density at radius 1 is 1.14 bits per heavy atom. The lowest BCUT2D eigenvalue weighted by atomic mass is 9.90. The van der Waals surface area contributed by atoms with Gasteiger partial charge in [-0.15, -0.1) is 0 Å². The molecule has 1 saturated heterocycles. The largest absolute Gasteiger partial charge is 0.496 e. The van der Waals surface area contributed by atoms with Crippen molar-refractivity contribution < 1.29 is 9.47 Å². The quantitative estimate of drug-likeness (QED) is 0.424. The lowest BCUT2D eigenvalue weighted by Gasteiger charge is -2.22. The van der Waals surface area contributed by atoms with Crippen LogP contribution in [0.4, 0.5) is 5.82 Å². The number of imidazole rings is 1. The van der Waals surface area contributed by atoms with Crippen LogP contribution in [0.3, 0.4) is 0 Å². The fourth-order valence-electron chi connectivity index (χ4n) is 4.55. The minimum absolute atomic E-state index is 0.106. The molecule has 0 bridgehead atoms. The zero-order valence-corrected chi connectivity index (χ0v) is 21.1. The van der Waals surface area contributed by atoms with Gasteiger partial charge in [-0.1, -0.05) is 19.1 Å². The molecule has 0 saturated carbocycles. The number of pyridine rings is 1. The van der Waals surface area contributed by atoms with Gasteiger partial charge in [-0.2, -0.15) is 0 Å². The van der Waals surface area contributed by atoms with E-state index in [0.717, 1.165) is 82.8 Å². The number of hydrogen-bond donors (Lipinski definition) is 1. The third-order valence-electron chi connectivity index (χ3n) is 6.88. The van der Waals surface area contributed by atoms with Crippen molar-refractivity contribution in [2.75, 3.05) is 32.2 Å². The molecule has 0 amide bonds. The Morgan fingerprint density at radius 3 is 2.71 bits per heavy atom.